The number of benzene rings is 1. The molecule has 1 aromatic carbocycles. The number of fused-ring (bicyclic) bond motifs is 2. The van der Waals surface area contributed by atoms with Gasteiger partial charge in [-0.1, -0.05) is 0 Å². The molecule has 3 rings (SSSR count). The number of nitrogens with one attached hydrogen (secondary N) is 1. The van der Waals surface area contributed by atoms with E-state index in [4.69, 9.17) is 4.74 Å². The van der Waals surface area contributed by atoms with Crippen LogP contribution in [-0.2, 0) is 0 Å². The predicted molar refractivity (Wildman–Crippen MR) is 59.8 cm³/mol. The number of rotatable bonds is 2. The predicted octanol–water partition coefficient (Wildman–Crippen LogP) is 3.04. The summed E-state index contributed by atoms with van der Waals surface area (Å²) in [5.74, 6) is -11.1. The van der Waals surface area contributed by atoms with Crippen molar-refractivity contribution in [2.75, 3.05) is 0 Å². The van der Waals surface area contributed by atoms with Crippen molar-refractivity contribution in [2.45, 2.75) is 43.9 Å². The van der Waals surface area contributed by atoms with Gasteiger partial charge >= 0.3 is 0 Å². The summed E-state index contributed by atoms with van der Waals surface area (Å²) in [6.07, 6.45) is 2.32. The van der Waals surface area contributed by atoms with E-state index in [-0.39, 0.29) is 12.1 Å². The molecule has 1 N–H and O–H groups in total. The number of hydrogen-bond donors (Lipinski definition) is 1. The van der Waals surface area contributed by atoms with Crippen molar-refractivity contribution in [3.8, 4) is 5.75 Å². The normalized spacial score (nSPS) is 28.8. The molecular formula is C13H12F5NO. The lowest BCUT2D eigenvalue weighted by Crippen LogP contribution is -2.42. The second kappa shape index (κ2) is 4.87. The summed E-state index contributed by atoms with van der Waals surface area (Å²) in [5, 5.41) is 3.29. The maximum atomic E-state index is 13.5. The van der Waals surface area contributed by atoms with Gasteiger partial charge in [0.25, 0.3) is 0 Å². The third kappa shape index (κ3) is 2.13. The molecule has 7 heteroatoms. The smallest absolute Gasteiger partial charge is 0.207 e. The molecule has 2 aliphatic rings. The fourth-order valence-corrected chi connectivity index (χ4v) is 2.96. The van der Waals surface area contributed by atoms with Gasteiger partial charge in [0, 0.05) is 12.1 Å². The van der Waals surface area contributed by atoms with E-state index in [1.165, 1.54) is 0 Å². The van der Waals surface area contributed by atoms with Gasteiger partial charge in [-0.15, -0.1) is 0 Å². The lowest BCUT2D eigenvalue weighted by atomic mass is 10.0. The first kappa shape index (κ1) is 13.6. The first-order valence-electron chi connectivity index (χ1n) is 6.41. The molecule has 0 amide bonds. The van der Waals surface area contributed by atoms with Crippen LogP contribution in [-0.4, -0.2) is 18.2 Å². The maximum Gasteiger partial charge on any atom is 0.207 e. The van der Waals surface area contributed by atoms with Gasteiger partial charge in [-0.25, -0.2) is 13.2 Å². The Bertz CT molecular complexity index is 509. The second-order valence-corrected chi connectivity index (χ2v) is 5.25. The lowest BCUT2D eigenvalue weighted by molar-refractivity contribution is 0.122. The summed E-state index contributed by atoms with van der Waals surface area (Å²) >= 11 is 0. The van der Waals surface area contributed by atoms with Crippen molar-refractivity contribution in [1.29, 1.82) is 0 Å². The van der Waals surface area contributed by atoms with E-state index in [9.17, 15) is 22.0 Å². The number of halogens is 5. The van der Waals surface area contributed by atoms with Crippen LogP contribution in [0.1, 0.15) is 25.7 Å². The Hall–Kier alpha value is -1.37. The lowest BCUT2D eigenvalue weighted by Gasteiger charge is -2.29. The molecule has 3 atom stereocenters. The van der Waals surface area contributed by atoms with Gasteiger partial charge in [-0.05, 0) is 25.7 Å². The fraction of sp³-hybridized carbons (Fsp3) is 0.538. The summed E-state index contributed by atoms with van der Waals surface area (Å²) in [6, 6.07) is 0.361. The molecule has 0 spiro atoms. The zero-order chi connectivity index (χ0) is 14.4. The van der Waals surface area contributed by atoms with E-state index < -0.39 is 40.9 Å². The van der Waals surface area contributed by atoms with Crippen molar-refractivity contribution < 1.29 is 26.7 Å². The van der Waals surface area contributed by atoms with Crippen molar-refractivity contribution in [3.05, 3.63) is 29.1 Å². The molecule has 2 nitrogen and oxygen atoms in total. The van der Waals surface area contributed by atoms with Crippen LogP contribution in [0.5, 0.6) is 5.75 Å². The first-order chi connectivity index (χ1) is 9.47. The minimum atomic E-state index is -2.17. The van der Waals surface area contributed by atoms with E-state index >= 15 is 0 Å². The Labute approximate surface area is 111 Å². The third-order valence-corrected chi connectivity index (χ3v) is 3.88. The summed E-state index contributed by atoms with van der Waals surface area (Å²) in [7, 11) is 0. The average Bonchev–Trinajstić information content (AvgIpc) is 2.78. The van der Waals surface area contributed by atoms with Crippen LogP contribution in [0.3, 0.4) is 0 Å². The number of ether oxygens (including phenoxy) is 1. The van der Waals surface area contributed by atoms with E-state index in [0.29, 0.717) is 12.8 Å². The second-order valence-electron chi connectivity index (χ2n) is 5.25. The van der Waals surface area contributed by atoms with Crippen LogP contribution in [0.4, 0.5) is 22.0 Å². The molecule has 0 aliphatic carbocycles. The van der Waals surface area contributed by atoms with Crippen LogP contribution < -0.4 is 10.1 Å². The summed E-state index contributed by atoms with van der Waals surface area (Å²) < 4.78 is 71.1. The molecule has 2 aliphatic heterocycles. The summed E-state index contributed by atoms with van der Waals surface area (Å²) in [5.41, 5.74) is 0. The zero-order valence-electron chi connectivity index (χ0n) is 10.4. The monoisotopic (exact) mass is 293 g/mol. The van der Waals surface area contributed by atoms with E-state index in [1.54, 1.807) is 0 Å². The summed E-state index contributed by atoms with van der Waals surface area (Å²) in [6.45, 7) is 0. The topological polar surface area (TPSA) is 21.3 Å². The molecule has 0 saturated carbocycles. The quantitative estimate of drug-likeness (QED) is 0.514. The minimum Gasteiger partial charge on any atom is -0.484 e. The van der Waals surface area contributed by atoms with Gasteiger partial charge in [-0.3, -0.25) is 0 Å². The van der Waals surface area contributed by atoms with E-state index in [2.05, 4.69) is 5.32 Å². The van der Waals surface area contributed by atoms with Crippen LogP contribution in [0.2, 0.25) is 0 Å². The van der Waals surface area contributed by atoms with Gasteiger partial charge in [-0.2, -0.15) is 8.78 Å². The standard InChI is InChI=1S/C13H12F5NO/c14-8-9(15)11(17)13(12(18)10(8)16)20-7-3-5-1-2-6(4-7)19-5/h5-7,19H,1-4H2/t5-,6+,7-. The average molecular weight is 293 g/mol. The molecule has 2 fully saturated rings. The highest BCUT2D eigenvalue weighted by Crippen LogP contribution is 2.34. The Kier molecular flexibility index (Phi) is 3.32. The highest BCUT2D eigenvalue weighted by molar-refractivity contribution is 5.30. The highest BCUT2D eigenvalue weighted by Gasteiger charge is 2.36. The van der Waals surface area contributed by atoms with Crippen molar-refractivity contribution >= 4 is 0 Å². The van der Waals surface area contributed by atoms with Crippen molar-refractivity contribution in [1.82, 2.24) is 5.32 Å². The Morgan fingerprint density at radius 1 is 0.750 bits per heavy atom. The van der Waals surface area contributed by atoms with Gasteiger partial charge in [0.05, 0.1) is 0 Å². The van der Waals surface area contributed by atoms with Crippen LogP contribution in [0, 0.1) is 29.1 Å². The van der Waals surface area contributed by atoms with Gasteiger partial charge in [0.1, 0.15) is 6.10 Å². The maximum absolute atomic E-state index is 13.5. The molecule has 0 aromatic heterocycles. The first-order valence-corrected chi connectivity index (χ1v) is 6.41. The van der Waals surface area contributed by atoms with E-state index in [0.717, 1.165) is 12.8 Å². The van der Waals surface area contributed by atoms with Gasteiger partial charge in [0.2, 0.25) is 29.1 Å². The third-order valence-electron chi connectivity index (χ3n) is 3.88. The number of hydrogen-bond acceptors (Lipinski definition) is 2. The highest BCUT2D eigenvalue weighted by atomic mass is 19.2. The molecule has 0 unspecified atom stereocenters. The zero-order valence-corrected chi connectivity index (χ0v) is 10.4. The van der Waals surface area contributed by atoms with Crippen molar-refractivity contribution in [3.63, 3.8) is 0 Å². The van der Waals surface area contributed by atoms with Gasteiger partial charge in [0.15, 0.2) is 5.75 Å². The Morgan fingerprint density at radius 3 is 1.70 bits per heavy atom. The molecule has 0 radical (unpaired) electrons. The molecule has 110 valence electrons. The number of piperidine rings is 1. The van der Waals surface area contributed by atoms with Crippen LogP contribution >= 0.6 is 0 Å². The van der Waals surface area contributed by atoms with Crippen LogP contribution in [0.25, 0.3) is 0 Å². The van der Waals surface area contributed by atoms with E-state index in [1.807, 2.05) is 0 Å². The molecule has 2 saturated heterocycles. The summed E-state index contributed by atoms with van der Waals surface area (Å²) in [4.78, 5) is 0. The fourth-order valence-electron chi connectivity index (χ4n) is 2.96. The molecule has 1 aromatic rings. The largest absolute Gasteiger partial charge is 0.484 e. The molecule has 2 bridgehead atoms. The molecular weight excluding hydrogens is 281 g/mol. The Morgan fingerprint density at radius 2 is 1.20 bits per heavy atom. The molecule has 2 heterocycles. The molecule has 20 heavy (non-hydrogen) atoms. The van der Waals surface area contributed by atoms with Crippen molar-refractivity contribution in [2.24, 2.45) is 0 Å². The van der Waals surface area contributed by atoms with Crippen LogP contribution in [0.15, 0.2) is 0 Å². The van der Waals surface area contributed by atoms with Gasteiger partial charge < -0.3 is 10.1 Å². The Balaban J connectivity index is 1.87. The minimum absolute atomic E-state index is 0.181. The SMILES string of the molecule is Fc1c(F)c(F)c(O[C@@H]2C[C@H]3CC[C@@H](C2)N3)c(F)c1F.